The van der Waals surface area contributed by atoms with Gasteiger partial charge in [-0.15, -0.1) is 0 Å². The second-order valence-electron chi connectivity index (χ2n) is 7.38. The lowest BCUT2D eigenvalue weighted by Gasteiger charge is -2.32. The first kappa shape index (κ1) is 20.3. The molecule has 3 heterocycles. The molecule has 162 valence electrons. The van der Waals surface area contributed by atoms with Crippen LogP contribution in [0.1, 0.15) is 12.8 Å². The number of hydrogen-bond acceptors (Lipinski definition) is 8. The minimum atomic E-state index is -0.208. The van der Waals surface area contributed by atoms with Crippen LogP contribution in [0.15, 0.2) is 71.0 Å². The third kappa shape index (κ3) is 3.99. The Bertz CT molecular complexity index is 1230. The van der Waals surface area contributed by atoms with Gasteiger partial charge in [0.15, 0.2) is 11.5 Å². The molecule has 0 unspecified atom stereocenters. The second kappa shape index (κ2) is 8.88. The molecule has 2 aromatic heterocycles. The van der Waals surface area contributed by atoms with E-state index in [2.05, 4.69) is 44.1 Å². The lowest BCUT2D eigenvalue weighted by molar-refractivity contribution is -0.143. The molecular weight excluding hydrogens is 424 g/mol. The third-order valence-electron chi connectivity index (χ3n) is 5.31. The highest BCUT2D eigenvalue weighted by Gasteiger charge is 2.23. The molecule has 2 N–H and O–H groups in total. The van der Waals surface area contributed by atoms with Crippen LogP contribution in [0, 0.1) is 0 Å². The van der Waals surface area contributed by atoms with Crippen LogP contribution in [-0.4, -0.2) is 38.6 Å². The van der Waals surface area contributed by atoms with E-state index in [1.807, 2.05) is 28.8 Å². The molecule has 0 radical (unpaired) electrons. The molecule has 5 rings (SSSR count). The van der Waals surface area contributed by atoms with Crippen molar-refractivity contribution in [1.82, 2.24) is 19.5 Å². The molecule has 1 aliphatic heterocycles. The maximum Gasteiger partial charge on any atom is 0.307 e. The highest BCUT2D eigenvalue weighted by atomic mass is 32.2. The molecule has 0 saturated heterocycles. The highest BCUT2D eigenvalue weighted by molar-refractivity contribution is 7.99. The number of fused-ring (bicyclic) bond motifs is 3. The molecule has 9 heteroatoms. The van der Waals surface area contributed by atoms with E-state index in [1.165, 1.54) is 16.1 Å². The summed E-state index contributed by atoms with van der Waals surface area (Å²) in [5.41, 5.74) is 9.33. The molecule has 0 bridgehead atoms. The number of nitrogen functional groups attached to an aromatic ring is 1. The van der Waals surface area contributed by atoms with Gasteiger partial charge in [0.2, 0.25) is 0 Å². The fourth-order valence-corrected chi connectivity index (χ4v) is 4.88. The Kier molecular flexibility index (Phi) is 5.64. The van der Waals surface area contributed by atoms with Gasteiger partial charge < -0.3 is 19.9 Å². The van der Waals surface area contributed by atoms with E-state index >= 15 is 0 Å². The first-order chi connectivity index (χ1) is 15.7. The summed E-state index contributed by atoms with van der Waals surface area (Å²) in [5, 5.41) is 0. The smallest absolute Gasteiger partial charge is 0.307 e. The van der Waals surface area contributed by atoms with Gasteiger partial charge in [0.1, 0.15) is 11.8 Å². The number of aromatic nitrogens is 4. The molecular formula is C23H22N6O2S. The molecule has 0 atom stereocenters. The van der Waals surface area contributed by atoms with Crippen LogP contribution in [0.2, 0.25) is 0 Å². The van der Waals surface area contributed by atoms with Gasteiger partial charge in [0.05, 0.1) is 30.7 Å². The average Bonchev–Trinajstić information content (AvgIpc) is 3.24. The molecule has 0 fully saturated rings. The van der Waals surface area contributed by atoms with Gasteiger partial charge in [-0.2, -0.15) is 0 Å². The Morgan fingerprint density at radius 1 is 0.969 bits per heavy atom. The van der Waals surface area contributed by atoms with Crippen molar-refractivity contribution in [3.63, 3.8) is 0 Å². The summed E-state index contributed by atoms with van der Waals surface area (Å²) in [4.78, 5) is 29.4. The van der Waals surface area contributed by atoms with Crippen molar-refractivity contribution in [3.8, 4) is 0 Å². The standard InChI is InChI=1S/C23H22N6O2S/c24-22-21-23(26-14-25-22)28(15-27-21)11-5-13-31-20(30)10-12-29-16-6-1-3-8-18(16)32-19-9-4-2-7-17(19)29/h1-4,6-9,14-15H,5,10-13H2,(H2,24,25,26). The van der Waals surface area contributed by atoms with Crippen molar-refractivity contribution in [2.75, 3.05) is 23.8 Å². The van der Waals surface area contributed by atoms with Crippen molar-refractivity contribution in [3.05, 3.63) is 61.2 Å². The van der Waals surface area contributed by atoms with Crippen LogP contribution in [0.25, 0.3) is 11.2 Å². The van der Waals surface area contributed by atoms with Crippen molar-refractivity contribution in [1.29, 1.82) is 0 Å². The maximum atomic E-state index is 12.4. The summed E-state index contributed by atoms with van der Waals surface area (Å²) in [6.45, 7) is 1.53. The topological polar surface area (TPSA) is 99.2 Å². The highest BCUT2D eigenvalue weighted by Crippen LogP contribution is 2.47. The summed E-state index contributed by atoms with van der Waals surface area (Å²) in [7, 11) is 0. The number of anilines is 3. The van der Waals surface area contributed by atoms with Gasteiger partial charge >= 0.3 is 5.97 Å². The van der Waals surface area contributed by atoms with Gasteiger partial charge in [0.25, 0.3) is 0 Å². The molecule has 0 amide bonds. The predicted molar refractivity (Wildman–Crippen MR) is 124 cm³/mol. The van der Waals surface area contributed by atoms with E-state index in [9.17, 15) is 4.79 Å². The van der Waals surface area contributed by atoms with Crippen molar-refractivity contribution < 1.29 is 9.53 Å². The van der Waals surface area contributed by atoms with Crippen molar-refractivity contribution in [2.45, 2.75) is 29.2 Å². The van der Waals surface area contributed by atoms with E-state index in [4.69, 9.17) is 10.5 Å². The SMILES string of the molecule is Nc1ncnc2c1ncn2CCCOC(=O)CCN1c2ccccc2Sc2ccccc21. The molecule has 8 nitrogen and oxygen atoms in total. The van der Waals surface area contributed by atoms with Crippen LogP contribution in [-0.2, 0) is 16.1 Å². The molecule has 0 spiro atoms. The zero-order valence-corrected chi connectivity index (χ0v) is 18.2. The van der Waals surface area contributed by atoms with Crippen LogP contribution in [0.5, 0.6) is 0 Å². The maximum absolute atomic E-state index is 12.4. The number of ether oxygens (including phenoxy) is 1. The summed E-state index contributed by atoms with van der Waals surface area (Å²) in [6, 6.07) is 16.5. The van der Waals surface area contributed by atoms with Crippen molar-refractivity contribution in [2.24, 2.45) is 0 Å². The number of nitrogens with two attached hydrogens (primary N) is 1. The monoisotopic (exact) mass is 446 g/mol. The molecule has 1 aliphatic rings. The minimum absolute atomic E-state index is 0.208. The number of para-hydroxylation sites is 2. The number of benzene rings is 2. The normalized spacial score (nSPS) is 12.4. The third-order valence-corrected chi connectivity index (χ3v) is 6.44. The van der Waals surface area contributed by atoms with Gasteiger partial charge in [-0.05, 0) is 30.7 Å². The number of carbonyl (C=O) groups excluding carboxylic acids is 1. The lowest BCUT2D eigenvalue weighted by atomic mass is 10.2. The van der Waals surface area contributed by atoms with Crippen LogP contribution < -0.4 is 10.6 Å². The zero-order chi connectivity index (χ0) is 21.9. The number of esters is 1. The fraction of sp³-hybridized carbons (Fsp3) is 0.217. The Hall–Kier alpha value is -3.59. The van der Waals surface area contributed by atoms with Gasteiger partial charge in [-0.3, -0.25) is 4.79 Å². The minimum Gasteiger partial charge on any atom is -0.466 e. The first-order valence-electron chi connectivity index (χ1n) is 10.4. The predicted octanol–water partition coefficient (Wildman–Crippen LogP) is 4.03. The average molecular weight is 447 g/mol. The molecule has 32 heavy (non-hydrogen) atoms. The number of nitrogens with zero attached hydrogens (tertiary/aromatic N) is 5. The van der Waals surface area contributed by atoms with E-state index in [0.29, 0.717) is 49.5 Å². The summed E-state index contributed by atoms with van der Waals surface area (Å²) < 4.78 is 7.37. The molecule has 0 saturated carbocycles. The number of imidazole rings is 1. The number of aryl methyl sites for hydroxylation is 1. The lowest BCUT2D eigenvalue weighted by Crippen LogP contribution is -2.24. The fourth-order valence-electron chi connectivity index (χ4n) is 3.78. The molecule has 2 aromatic carbocycles. The summed E-state index contributed by atoms with van der Waals surface area (Å²) in [5.74, 6) is 0.152. The molecule has 4 aromatic rings. The molecule has 0 aliphatic carbocycles. The Labute approximate surface area is 189 Å². The number of carbonyl (C=O) groups is 1. The van der Waals surface area contributed by atoms with E-state index < -0.39 is 0 Å². The Morgan fingerprint density at radius 2 is 1.69 bits per heavy atom. The zero-order valence-electron chi connectivity index (χ0n) is 17.3. The summed E-state index contributed by atoms with van der Waals surface area (Å²) in [6.07, 6.45) is 4.07. The summed E-state index contributed by atoms with van der Waals surface area (Å²) >= 11 is 1.76. The Morgan fingerprint density at radius 3 is 2.44 bits per heavy atom. The van der Waals surface area contributed by atoms with Crippen molar-refractivity contribution >= 4 is 46.1 Å². The van der Waals surface area contributed by atoms with E-state index in [-0.39, 0.29) is 5.97 Å². The number of rotatable bonds is 7. The second-order valence-corrected chi connectivity index (χ2v) is 8.47. The van der Waals surface area contributed by atoms with E-state index in [1.54, 1.807) is 18.1 Å². The van der Waals surface area contributed by atoms with Gasteiger partial charge in [0, 0.05) is 22.9 Å². The first-order valence-corrected chi connectivity index (χ1v) is 11.2. The quantitative estimate of drug-likeness (QED) is 0.335. The van der Waals surface area contributed by atoms with Crippen LogP contribution in [0.3, 0.4) is 0 Å². The van der Waals surface area contributed by atoms with Gasteiger partial charge in [-0.1, -0.05) is 36.0 Å². The Balaban J connectivity index is 1.16. The van der Waals surface area contributed by atoms with Gasteiger partial charge in [-0.25, -0.2) is 15.0 Å². The van der Waals surface area contributed by atoms with E-state index in [0.717, 1.165) is 11.4 Å². The van der Waals surface area contributed by atoms with Crippen LogP contribution >= 0.6 is 11.8 Å². The van der Waals surface area contributed by atoms with Crippen LogP contribution in [0.4, 0.5) is 17.2 Å². The largest absolute Gasteiger partial charge is 0.466 e. The number of hydrogen-bond donors (Lipinski definition) is 1.